The van der Waals surface area contributed by atoms with Crippen LogP contribution in [-0.4, -0.2) is 20.8 Å². The van der Waals surface area contributed by atoms with Gasteiger partial charge in [-0.25, -0.2) is 4.68 Å². The van der Waals surface area contributed by atoms with Crippen molar-refractivity contribution < 1.29 is 4.79 Å². The van der Waals surface area contributed by atoms with E-state index >= 15 is 0 Å². The summed E-state index contributed by atoms with van der Waals surface area (Å²) in [5, 5.41) is 7.34. The molecule has 0 fully saturated rings. The van der Waals surface area contributed by atoms with Crippen LogP contribution in [0.1, 0.15) is 11.1 Å². The molecule has 5 heteroatoms. The van der Waals surface area contributed by atoms with Crippen LogP contribution in [-0.2, 0) is 4.79 Å². The Balaban J connectivity index is 1.96. The van der Waals surface area contributed by atoms with Gasteiger partial charge >= 0.3 is 0 Å². The zero-order valence-corrected chi connectivity index (χ0v) is 11.8. The van der Waals surface area contributed by atoms with Gasteiger partial charge in [0.1, 0.15) is 12.7 Å². The molecule has 5 nitrogen and oxygen atoms in total. The van der Waals surface area contributed by atoms with E-state index in [4.69, 9.17) is 0 Å². The summed E-state index contributed by atoms with van der Waals surface area (Å²) in [5.41, 5.74) is 5.10. The average Bonchev–Trinajstić information content (AvgIpc) is 3.07. The molecule has 1 aromatic heterocycles. The molecule has 0 bridgehead atoms. The summed E-state index contributed by atoms with van der Waals surface area (Å²) in [5.74, 6) is -0.227. The zero-order valence-electron chi connectivity index (χ0n) is 11.8. The molecule has 0 saturated heterocycles. The minimum absolute atomic E-state index is 0.227. The molecule has 0 aliphatic heterocycles. The smallest absolute Gasteiger partial charge is 0.267 e. The number of carbonyl (C=O) groups excluding carboxylic acids is 1. The lowest BCUT2D eigenvalue weighted by atomic mass is 10.0. The van der Waals surface area contributed by atoms with Crippen LogP contribution in [0.2, 0.25) is 0 Å². The van der Waals surface area contributed by atoms with Gasteiger partial charge in [0.15, 0.2) is 0 Å². The highest BCUT2D eigenvalue weighted by atomic mass is 16.2. The largest absolute Gasteiger partial charge is 0.270 e. The average molecular weight is 290 g/mol. The number of aromatic nitrogens is 3. The monoisotopic (exact) mass is 290 g/mol. The molecule has 3 rings (SSSR count). The molecule has 22 heavy (non-hydrogen) atoms. The van der Waals surface area contributed by atoms with Crippen molar-refractivity contribution in [1.29, 1.82) is 0 Å². The van der Waals surface area contributed by atoms with Crippen LogP contribution in [0.25, 0.3) is 11.6 Å². The Bertz CT molecular complexity index is 765. The molecule has 1 N–H and O–H groups in total. The van der Waals surface area contributed by atoms with Crippen LogP contribution < -0.4 is 5.43 Å². The maximum atomic E-state index is 12.6. The van der Waals surface area contributed by atoms with E-state index in [1.807, 2.05) is 66.7 Å². The van der Waals surface area contributed by atoms with Gasteiger partial charge in [-0.3, -0.25) is 10.2 Å². The highest BCUT2D eigenvalue weighted by molar-refractivity contribution is 6.27. The van der Waals surface area contributed by atoms with Crippen molar-refractivity contribution in [3.63, 3.8) is 0 Å². The molecule has 0 aliphatic carbocycles. The van der Waals surface area contributed by atoms with Crippen molar-refractivity contribution in [2.75, 3.05) is 5.43 Å². The molecule has 1 heterocycles. The van der Waals surface area contributed by atoms with E-state index in [1.165, 1.54) is 17.3 Å². The van der Waals surface area contributed by atoms with E-state index in [0.29, 0.717) is 5.57 Å². The second-order valence-corrected chi connectivity index (χ2v) is 4.64. The van der Waals surface area contributed by atoms with Crippen LogP contribution in [0.15, 0.2) is 73.3 Å². The summed E-state index contributed by atoms with van der Waals surface area (Å²) in [6, 6.07) is 19.3. The van der Waals surface area contributed by atoms with E-state index in [1.54, 1.807) is 0 Å². The predicted octanol–water partition coefficient (Wildman–Crippen LogP) is 2.59. The molecular formula is C17H14N4O. The van der Waals surface area contributed by atoms with E-state index < -0.39 is 0 Å². The fourth-order valence-corrected chi connectivity index (χ4v) is 2.05. The van der Waals surface area contributed by atoms with Crippen molar-refractivity contribution >= 4 is 17.6 Å². The topological polar surface area (TPSA) is 59.8 Å². The van der Waals surface area contributed by atoms with Gasteiger partial charge in [0, 0.05) is 5.57 Å². The Labute approximate surface area is 127 Å². The first-order chi connectivity index (χ1) is 10.8. The Hall–Kier alpha value is -3.21. The Morgan fingerprint density at radius 3 is 2.14 bits per heavy atom. The maximum absolute atomic E-state index is 12.6. The summed E-state index contributed by atoms with van der Waals surface area (Å²) in [6.07, 6.45) is 4.72. The molecular weight excluding hydrogens is 276 g/mol. The van der Waals surface area contributed by atoms with Crippen molar-refractivity contribution in [2.24, 2.45) is 0 Å². The third kappa shape index (κ3) is 3.27. The highest BCUT2D eigenvalue weighted by Gasteiger charge is 2.12. The summed E-state index contributed by atoms with van der Waals surface area (Å²) in [7, 11) is 0. The van der Waals surface area contributed by atoms with E-state index in [2.05, 4.69) is 15.6 Å². The van der Waals surface area contributed by atoms with E-state index in [-0.39, 0.29) is 5.91 Å². The molecule has 0 aliphatic rings. The zero-order chi connectivity index (χ0) is 15.2. The Kier molecular flexibility index (Phi) is 4.06. The summed E-state index contributed by atoms with van der Waals surface area (Å²) < 4.78 is 1.42. The van der Waals surface area contributed by atoms with Crippen molar-refractivity contribution in [3.8, 4) is 0 Å². The minimum Gasteiger partial charge on any atom is -0.267 e. The van der Waals surface area contributed by atoms with Gasteiger partial charge in [0.25, 0.3) is 5.91 Å². The fourth-order valence-electron chi connectivity index (χ4n) is 2.05. The molecule has 3 aromatic rings. The number of amides is 1. The second-order valence-electron chi connectivity index (χ2n) is 4.64. The van der Waals surface area contributed by atoms with Gasteiger partial charge in [-0.2, -0.15) is 0 Å². The number of rotatable bonds is 4. The minimum atomic E-state index is -0.227. The van der Waals surface area contributed by atoms with Gasteiger partial charge in [0.2, 0.25) is 0 Å². The van der Waals surface area contributed by atoms with Crippen LogP contribution in [0.3, 0.4) is 0 Å². The molecule has 0 unspecified atom stereocenters. The number of carbonyl (C=O) groups is 1. The van der Waals surface area contributed by atoms with E-state index in [0.717, 1.165) is 11.1 Å². The molecule has 1 amide bonds. The van der Waals surface area contributed by atoms with Crippen LogP contribution in [0.5, 0.6) is 0 Å². The number of nitrogens with zero attached hydrogens (tertiary/aromatic N) is 3. The lowest BCUT2D eigenvalue weighted by Gasteiger charge is -2.09. The fraction of sp³-hybridized carbons (Fsp3) is 0. The predicted molar refractivity (Wildman–Crippen MR) is 85.1 cm³/mol. The summed E-state index contributed by atoms with van der Waals surface area (Å²) in [6.45, 7) is 0. The first-order valence-electron chi connectivity index (χ1n) is 6.81. The van der Waals surface area contributed by atoms with E-state index in [9.17, 15) is 4.79 Å². The second kappa shape index (κ2) is 6.49. The van der Waals surface area contributed by atoms with Gasteiger partial charge in [-0.15, -0.1) is 10.2 Å². The molecule has 2 aromatic carbocycles. The lowest BCUT2D eigenvalue weighted by molar-refractivity contribution is -0.111. The van der Waals surface area contributed by atoms with Crippen LogP contribution in [0.4, 0.5) is 0 Å². The number of nitrogens with one attached hydrogen (secondary N) is 1. The standard InChI is InChI=1S/C17H14N4O/c22-17(20-21-12-18-19-13-21)16(15-9-5-2-6-10-15)11-14-7-3-1-4-8-14/h1-13H,(H,20,22)/b16-11-. The van der Waals surface area contributed by atoms with Crippen molar-refractivity contribution in [1.82, 2.24) is 14.9 Å². The first kappa shape index (κ1) is 13.8. The van der Waals surface area contributed by atoms with Crippen molar-refractivity contribution in [3.05, 3.63) is 84.4 Å². The molecule has 0 radical (unpaired) electrons. The molecule has 108 valence electrons. The number of hydrogen-bond acceptors (Lipinski definition) is 3. The lowest BCUT2D eigenvalue weighted by Crippen LogP contribution is -2.22. The maximum Gasteiger partial charge on any atom is 0.270 e. The third-order valence-corrected chi connectivity index (χ3v) is 3.09. The molecule has 0 saturated carbocycles. The van der Waals surface area contributed by atoms with Crippen LogP contribution in [0, 0.1) is 0 Å². The first-order valence-corrected chi connectivity index (χ1v) is 6.81. The van der Waals surface area contributed by atoms with Crippen molar-refractivity contribution in [2.45, 2.75) is 0 Å². The Morgan fingerprint density at radius 2 is 1.50 bits per heavy atom. The molecule has 0 atom stereocenters. The Morgan fingerprint density at radius 1 is 0.909 bits per heavy atom. The summed E-state index contributed by atoms with van der Waals surface area (Å²) in [4.78, 5) is 12.6. The number of benzene rings is 2. The van der Waals surface area contributed by atoms with Crippen LogP contribution >= 0.6 is 0 Å². The SMILES string of the molecule is O=C(Nn1cnnc1)/C(=C\c1ccccc1)c1ccccc1. The molecule has 0 spiro atoms. The van der Waals surface area contributed by atoms with Gasteiger partial charge < -0.3 is 0 Å². The van der Waals surface area contributed by atoms with Gasteiger partial charge in [0.05, 0.1) is 0 Å². The number of hydrogen-bond donors (Lipinski definition) is 1. The quantitative estimate of drug-likeness (QED) is 0.593. The van der Waals surface area contributed by atoms with Gasteiger partial charge in [-0.05, 0) is 17.2 Å². The highest BCUT2D eigenvalue weighted by Crippen LogP contribution is 2.18. The normalized spacial score (nSPS) is 11.2. The van der Waals surface area contributed by atoms with Gasteiger partial charge in [-0.1, -0.05) is 60.7 Å². The third-order valence-electron chi connectivity index (χ3n) is 3.09. The summed E-state index contributed by atoms with van der Waals surface area (Å²) >= 11 is 0.